The number of rotatable bonds is 5. The van der Waals surface area contributed by atoms with Gasteiger partial charge in [-0.25, -0.2) is 14.1 Å². The molecule has 0 saturated heterocycles. The van der Waals surface area contributed by atoms with E-state index in [1.54, 1.807) is 7.05 Å². The summed E-state index contributed by atoms with van der Waals surface area (Å²) in [5.41, 5.74) is -0.0957. The second-order valence-corrected chi connectivity index (χ2v) is 4.11. The van der Waals surface area contributed by atoms with Crippen molar-refractivity contribution in [2.24, 2.45) is 7.05 Å². The molecule has 0 bridgehead atoms. The fraction of sp³-hybridized carbons (Fsp3) is 0.333. The van der Waals surface area contributed by atoms with Crippen LogP contribution < -0.4 is 10.6 Å². The SMILES string of the molecule is CCCNc1nccc(C(=O)Nc2ncnn2C)c1F. The van der Waals surface area contributed by atoms with Gasteiger partial charge in [-0.15, -0.1) is 0 Å². The molecule has 2 heterocycles. The van der Waals surface area contributed by atoms with Gasteiger partial charge in [-0.1, -0.05) is 6.92 Å². The van der Waals surface area contributed by atoms with E-state index in [0.29, 0.717) is 6.54 Å². The molecule has 0 atom stereocenters. The molecule has 7 nitrogen and oxygen atoms in total. The summed E-state index contributed by atoms with van der Waals surface area (Å²) in [4.78, 5) is 19.7. The standard InChI is InChI=1S/C12H15FN6O/c1-3-5-14-10-9(13)8(4-6-15-10)11(20)18-12-16-7-17-19(12)2/h4,6-7H,3,5H2,1-2H3,(H,14,15)(H,16,17,18,20). The van der Waals surface area contributed by atoms with Crippen LogP contribution in [0.15, 0.2) is 18.6 Å². The molecule has 2 N–H and O–H groups in total. The lowest BCUT2D eigenvalue weighted by molar-refractivity contribution is 0.102. The molecule has 0 fully saturated rings. The van der Waals surface area contributed by atoms with Gasteiger partial charge in [0.1, 0.15) is 6.33 Å². The van der Waals surface area contributed by atoms with Gasteiger partial charge < -0.3 is 5.32 Å². The van der Waals surface area contributed by atoms with Crippen LogP contribution in [0.25, 0.3) is 0 Å². The summed E-state index contributed by atoms with van der Waals surface area (Å²) in [6.45, 7) is 2.54. The molecule has 0 saturated carbocycles. The van der Waals surface area contributed by atoms with E-state index in [-0.39, 0.29) is 17.3 Å². The van der Waals surface area contributed by atoms with Crippen molar-refractivity contribution < 1.29 is 9.18 Å². The van der Waals surface area contributed by atoms with Crippen LogP contribution in [0.5, 0.6) is 0 Å². The zero-order chi connectivity index (χ0) is 14.5. The highest BCUT2D eigenvalue weighted by atomic mass is 19.1. The van der Waals surface area contributed by atoms with Gasteiger partial charge in [0.25, 0.3) is 5.91 Å². The second-order valence-electron chi connectivity index (χ2n) is 4.11. The highest BCUT2D eigenvalue weighted by Crippen LogP contribution is 2.16. The lowest BCUT2D eigenvalue weighted by Crippen LogP contribution is -2.18. The summed E-state index contributed by atoms with van der Waals surface area (Å²) < 4.78 is 15.5. The maximum Gasteiger partial charge on any atom is 0.261 e. The summed E-state index contributed by atoms with van der Waals surface area (Å²) >= 11 is 0. The minimum Gasteiger partial charge on any atom is -0.368 e. The summed E-state index contributed by atoms with van der Waals surface area (Å²) in [6.07, 6.45) is 3.51. The Morgan fingerprint density at radius 1 is 1.45 bits per heavy atom. The highest BCUT2D eigenvalue weighted by Gasteiger charge is 2.17. The van der Waals surface area contributed by atoms with Crippen molar-refractivity contribution in [1.29, 1.82) is 0 Å². The normalized spacial score (nSPS) is 10.3. The van der Waals surface area contributed by atoms with E-state index in [1.807, 2.05) is 6.92 Å². The number of hydrogen-bond donors (Lipinski definition) is 2. The van der Waals surface area contributed by atoms with Gasteiger partial charge in [-0.3, -0.25) is 10.1 Å². The zero-order valence-corrected chi connectivity index (χ0v) is 11.2. The molecular weight excluding hydrogens is 263 g/mol. The van der Waals surface area contributed by atoms with E-state index in [9.17, 15) is 9.18 Å². The van der Waals surface area contributed by atoms with Crippen molar-refractivity contribution >= 4 is 17.7 Å². The van der Waals surface area contributed by atoms with E-state index in [1.165, 1.54) is 23.3 Å². The Morgan fingerprint density at radius 2 is 2.25 bits per heavy atom. The first kappa shape index (κ1) is 13.9. The van der Waals surface area contributed by atoms with E-state index in [2.05, 4.69) is 25.7 Å². The summed E-state index contributed by atoms with van der Waals surface area (Å²) in [5, 5.41) is 9.13. The third-order valence-electron chi connectivity index (χ3n) is 2.61. The third-order valence-corrected chi connectivity index (χ3v) is 2.61. The number of halogens is 1. The molecule has 0 spiro atoms. The average molecular weight is 278 g/mol. The molecule has 0 radical (unpaired) electrons. The fourth-order valence-electron chi connectivity index (χ4n) is 1.56. The number of pyridine rings is 1. The van der Waals surface area contributed by atoms with Crippen LogP contribution in [0.2, 0.25) is 0 Å². The molecule has 0 unspecified atom stereocenters. The summed E-state index contributed by atoms with van der Waals surface area (Å²) in [7, 11) is 1.62. The molecule has 1 amide bonds. The topological polar surface area (TPSA) is 84.7 Å². The Balaban J connectivity index is 2.19. The Morgan fingerprint density at radius 3 is 2.90 bits per heavy atom. The summed E-state index contributed by atoms with van der Waals surface area (Å²) in [5.74, 6) is -0.965. The Hall–Kier alpha value is -2.51. The molecule has 106 valence electrons. The molecule has 20 heavy (non-hydrogen) atoms. The number of carbonyl (C=O) groups excluding carboxylic acids is 1. The molecule has 8 heteroatoms. The maximum absolute atomic E-state index is 14.1. The van der Waals surface area contributed by atoms with Crippen LogP contribution in [-0.2, 0) is 7.05 Å². The quantitative estimate of drug-likeness (QED) is 0.864. The number of nitrogens with one attached hydrogen (secondary N) is 2. The van der Waals surface area contributed by atoms with Crippen molar-refractivity contribution in [3.8, 4) is 0 Å². The maximum atomic E-state index is 14.1. The Labute approximate surface area is 115 Å². The third kappa shape index (κ3) is 2.90. The van der Waals surface area contributed by atoms with Crippen molar-refractivity contribution in [2.45, 2.75) is 13.3 Å². The van der Waals surface area contributed by atoms with E-state index in [0.717, 1.165) is 6.42 Å². The number of nitrogens with zero attached hydrogens (tertiary/aromatic N) is 4. The predicted molar refractivity (Wildman–Crippen MR) is 71.9 cm³/mol. The summed E-state index contributed by atoms with van der Waals surface area (Å²) in [6, 6.07) is 1.32. The van der Waals surface area contributed by atoms with Crippen LogP contribution in [0, 0.1) is 5.82 Å². The monoisotopic (exact) mass is 278 g/mol. The van der Waals surface area contributed by atoms with E-state index >= 15 is 0 Å². The lowest BCUT2D eigenvalue weighted by atomic mass is 10.2. The van der Waals surface area contributed by atoms with Crippen molar-refractivity contribution in [3.05, 3.63) is 30.0 Å². The van der Waals surface area contributed by atoms with Crippen molar-refractivity contribution in [1.82, 2.24) is 19.7 Å². The van der Waals surface area contributed by atoms with Crippen LogP contribution in [-0.4, -0.2) is 32.2 Å². The molecule has 0 aromatic carbocycles. The number of aryl methyl sites for hydroxylation is 1. The van der Waals surface area contributed by atoms with Gasteiger partial charge in [0.15, 0.2) is 11.6 Å². The molecule has 0 aliphatic heterocycles. The van der Waals surface area contributed by atoms with Crippen molar-refractivity contribution in [2.75, 3.05) is 17.2 Å². The molecule has 0 aliphatic rings. The van der Waals surface area contributed by atoms with Crippen LogP contribution in [0.3, 0.4) is 0 Å². The minimum atomic E-state index is -0.680. The number of amides is 1. The first-order valence-corrected chi connectivity index (χ1v) is 6.17. The fourth-order valence-corrected chi connectivity index (χ4v) is 1.56. The Kier molecular flexibility index (Phi) is 4.24. The minimum absolute atomic E-state index is 0.0671. The highest BCUT2D eigenvalue weighted by molar-refractivity contribution is 6.04. The van der Waals surface area contributed by atoms with Gasteiger partial charge in [0.2, 0.25) is 5.95 Å². The van der Waals surface area contributed by atoms with Crippen LogP contribution >= 0.6 is 0 Å². The predicted octanol–water partition coefficient (Wildman–Crippen LogP) is 1.42. The molecular formula is C12H15FN6O. The number of hydrogen-bond acceptors (Lipinski definition) is 5. The lowest BCUT2D eigenvalue weighted by Gasteiger charge is -2.09. The van der Waals surface area contributed by atoms with Gasteiger partial charge in [-0.2, -0.15) is 10.1 Å². The Bertz CT molecular complexity index is 612. The second kappa shape index (κ2) is 6.09. The smallest absolute Gasteiger partial charge is 0.261 e. The van der Waals surface area contributed by atoms with Gasteiger partial charge in [0.05, 0.1) is 5.56 Å². The number of aromatic nitrogens is 4. The molecule has 2 rings (SSSR count). The molecule has 2 aromatic heterocycles. The number of anilines is 2. The van der Waals surface area contributed by atoms with Crippen LogP contribution in [0.1, 0.15) is 23.7 Å². The first-order valence-electron chi connectivity index (χ1n) is 6.17. The average Bonchev–Trinajstić information content (AvgIpc) is 2.83. The van der Waals surface area contributed by atoms with Gasteiger partial charge >= 0.3 is 0 Å². The molecule has 0 aliphatic carbocycles. The van der Waals surface area contributed by atoms with Crippen molar-refractivity contribution in [3.63, 3.8) is 0 Å². The first-order chi connectivity index (χ1) is 9.63. The van der Waals surface area contributed by atoms with E-state index in [4.69, 9.17) is 0 Å². The van der Waals surface area contributed by atoms with Gasteiger partial charge in [-0.05, 0) is 12.5 Å². The number of carbonyl (C=O) groups is 1. The van der Waals surface area contributed by atoms with Gasteiger partial charge in [0, 0.05) is 19.8 Å². The van der Waals surface area contributed by atoms with Crippen LogP contribution in [0.4, 0.5) is 16.2 Å². The zero-order valence-electron chi connectivity index (χ0n) is 11.2. The largest absolute Gasteiger partial charge is 0.368 e. The molecule has 2 aromatic rings. The van der Waals surface area contributed by atoms with E-state index < -0.39 is 11.7 Å².